The summed E-state index contributed by atoms with van der Waals surface area (Å²) >= 11 is 0. The van der Waals surface area contributed by atoms with Crippen molar-refractivity contribution < 1.29 is 14.0 Å². The van der Waals surface area contributed by atoms with Crippen molar-refractivity contribution in [3.63, 3.8) is 0 Å². The number of anilines is 1. The number of furan rings is 1. The Morgan fingerprint density at radius 1 is 1.11 bits per heavy atom. The predicted octanol–water partition coefficient (Wildman–Crippen LogP) is 1.95. The lowest BCUT2D eigenvalue weighted by molar-refractivity contribution is 0.0714. The SMILES string of the molecule is CCCCCNC(=O)c1ccc(N2CCN(C(=O)c3ccco3)CC2)nn1. The molecule has 0 aromatic carbocycles. The van der Waals surface area contributed by atoms with E-state index < -0.39 is 0 Å². The first-order valence-corrected chi connectivity index (χ1v) is 9.38. The zero-order valence-corrected chi connectivity index (χ0v) is 15.6. The van der Waals surface area contributed by atoms with Gasteiger partial charge in [0.25, 0.3) is 11.8 Å². The highest BCUT2D eigenvalue weighted by atomic mass is 16.3. The van der Waals surface area contributed by atoms with Gasteiger partial charge in [-0.1, -0.05) is 19.8 Å². The number of hydrogen-bond acceptors (Lipinski definition) is 6. The first-order chi connectivity index (χ1) is 13.2. The van der Waals surface area contributed by atoms with Crippen molar-refractivity contribution >= 4 is 17.6 Å². The van der Waals surface area contributed by atoms with Gasteiger partial charge in [0.2, 0.25) is 0 Å². The minimum absolute atomic E-state index is 0.0965. The van der Waals surface area contributed by atoms with E-state index in [1.165, 1.54) is 6.26 Å². The third-order valence-electron chi connectivity index (χ3n) is 4.57. The van der Waals surface area contributed by atoms with Crippen LogP contribution in [-0.2, 0) is 0 Å². The average Bonchev–Trinajstić information content (AvgIpc) is 3.26. The number of carbonyl (C=O) groups excluding carboxylic acids is 2. The molecule has 27 heavy (non-hydrogen) atoms. The Kier molecular flexibility index (Phi) is 6.40. The van der Waals surface area contributed by atoms with Crippen molar-refractivity contribution in [2.75, 3.05) is 37.6 Å². The Labute approximate surface area is 158 Å². The number of nitrogens with one attached hydrogen (secondary N) is 1. The molecule has 0 spiro atoms. The summed E-state index contributed by atoms with van der Waals surface area (Å²) in [6, 6.07) is 6.88. The molecule has 8 nitrogen and oxygen atoms in total. The maximum Gasteiger partial charge on any atom is 0.289 e. The van der Waals surface area contributed by atoms with Gasteiger partial charge < -0.3 is 19.5 Å². The molecule has 2 amide bonds. The third-order valence-corrected chi connectivity index (χ3v) is 4.57. The first-order valence-electron chi connectivity index (χ1n) is 9.38. The van der Waals surface area contributed by atoms with E-state index in [0.717, 1.165) is 19.3 Å². The molecule has 0 radical (unpaired) electrons. The highest BCUT2D eigenvalue weighted by molar-refractivity contribution is 5.92. The second-order valence-electron chi connectivity index (χ2n) is 6.50. The fourth-order valence-corrected chi connectivity index (χ4v) is 2.98. The van der Waals surface area contributed by atoms with Gasteiger partial charge in [0, 0.05) is 32.7 Å². The van der Waals surface area contributed by atoms with E-state index in [-0.39, 0.29) is 11.8 Å². The standard InChI is InChI=1S/C19H25N5O3/c1-2-3-4-9-20-18(25)15-7-8-17(22-21-15)23-10-12-24(13-11-23)19(26)16-6-5-14-27-16/h5-8,14H,2-4,9-13H2,1H3,(H,20,25). The summed E-state index contributed by atoms with van der Waals surface area (Å²) in [6.45, 7) is 5.26. The van der Waals surface area contributed by atoms with Crippen molar-refractivity contribution in [2.24, 2.45) is 0 Å². The molecule has 1 aliphatic rings. The number of rotatable bonds is 7. The quantitative estimate of drug-likeness (QED) is 0.748. The van der Waals surface area contributed by atoms with Crippen LogP contribution in [0.2, 0.25) is 0 Å². The minimum atomic E-state index is -0.195. The number of hydrogen-bond donors (Lipinski definition) is 1. The molecule has 0 bridgehead atoms. The number of carbonyl (C=O) groups is 2. The number of amides is 2. The van der Waals surface area contributed by atoms with Crippen LogP contribution in [0.25, 0.3) is 0 Å². The second-order valence-corrected chi connectivity index (χ2v) is 6.50. The Balaban J connectivity index is 1.50. The molecule has 3 heterocycles. The number of piperazine rings is 1. The lowest BCUT2D eigenvalue weighted by atomic mass is 10.2. The van der Waals surface area contributed by atoms with Crippen LogP contribution in [0.15, 0.2) is 34.9 Å². The van der Waals surface area contributed by atoms with Crippen molar-refractivity contribution in [3.8, 4) is 0 Å². The van der Waals surface area contributed by atoms with E-state index in [4.69, 9.17) is 4.42 Å². The van der Waals surface area contributed by atoms with Gasteiger partial charge >= 0.3 is 0 Å². The van der Waals surface area contributed by atoms with Crippen molar-refractivity contribution in [2.45, 2.75) is 26.2 Å². The average molecular weight is 371 g/mol. The number of aromatic nitrogens is 2. The lowest BCUT2D eigenvalue weighted by Crippen LogP contribution is -2.49. The molecule has 2 aromatic rings. The van der Waals surface area contributed by atoms with Crippen molar-refractivity contribution in [1.29, 1.82) is 0 Å². The van der Waals surface area contributed by atoms with Gasteiger partial charge in [-0.05, 0) is 30.7 Å². The van der Waals surface area contributed by atoms with Crippen LogP contribution in [0, 0.1) is 0 Å². The minimum Gasteiger partial charge on any atom is -0.459 e. The number of unbranched alkanes of at least 4 members (excludes halogenated alkanes) is 2. The fourth-order valence-electron chi connectivity index (χ4n) is 2.98. The van der Waals surface area contributed by atoms with Gasteiger partial charge in [-0.25, -0.2) is 0 Å². The lowest BCUT2D eigenvalue weighted by Gasteiger charge is -2.34. The molecule has 2 aromatic heterocycles. The van der Waals surface area contributed by atoms with Gasteiger partial charge in [0.1, 0.15) is 0 Å². The monoisotopic (exact) mass is 371 g/mol. The summed E-state index contributed by atoms with van der Waals surface area (Å²) in [5.74, 6) is 0.778. The van der Waals surface area contributed by atoms with E-state index in [1.54, 1.807) is 29.2 Å². The number of nitrogens with zero attached hydrogens (tertiary/aromatic N) is 4. The maximum absolute atomic E-state index is 12.3. The summed E-state index contributed by atoms with van der Waals surface area (Å²) < 4.78 is 5.17. The van der Waals surface area contributed by atoms with Crippen molar-refractivity contribution in [3.05, 3.63) is 42.0 Å². The van der Waals surface area contributed by atoms with Crippen LogP contribution in [0.1, 0.15) is 47.2 Å². The smallest absolute Gasteiger partial charge is 0.289 e. The maximum atomic E-state index is 12.3. The second kappa shape index (κ2) is 9.16. The van der Waals surface area contributed by atoms with Crippen LogP contribution in [0.4, 0.5) is 5.82 Å². The van der Waals surface area contributed by atoms with Crippen LogP contribution in [-0.4, -0.2) is 59.6 Å². The van der Waals surface area contributed by atoms with Crippen LogP contribution < -0.4 is 10.2 Å². The predicted molar refractivity (Wildman–Crippen MR) is 101 cm³/mol. The van der Waals surface area contributed by atoms with E-state index in [9.17, 15) is 9.59 Å². The molecule has 1 aliphatic heterocycles. The molecule has 0 saturated carbocycles. The van der Waals surface area contributed by atoms with Gasteiger partial charge in [-0.2, -0.15) is 0 Å². The summed E-state index contributed by atoms with van der Waals surface area (Å²) in [6.07, 6.45) is 4.68. The molecular formula is C19H25N5O3. The molecular weight excluding hydrogens is 346 g/mol. The highest BCUT2D eigenvalue weighted by Crippen LogP contribution is 2.15. The van der Waals surface area contributed by atoms with Crippen LogP contribution >= 0.6 is 0 Å². The Morgan fingerprint density at radius 3 is 2.56 bits per heavy atom. The van der Waals surface area contributed by atoms with Gasteiger partial charge in [-0.3, -0.25) is 9.59 Å². The van der Waals surface area contributed by atoms with Gasteiger partial charge in [0.05, 0.1) is 6.26 Å². The zero-order valence-electron chi connectivity index (χ0n) is 15.6. The van der Waals surface area contributed by atoms with E-state index >= 15 is 0 Å². The molecule has 144 valence electrons. The zero-order chi connectivity index (χ0) is 19.1. The first kappa shape index (κ1) is 18.9. The van der Waals surface area contributed by atoms with E-state index in [1.807, 2.05) is 0 Å². The third kappa shape index (κ3) is 4.84. The topological polar surface area (TPSA) is 91.6 Å². The molecule has 0 unspecified atom stereocenters. The molecule has 0 atom stereocenters. The molecule has 1 saturated heterocycles. The largest absolute Gasteiger partial charge is 0.459 e. The Morgan fingerprint density at radius 2 is 1.93 bits per heavy atom. The summed E-state index contributed by atoms with van der Waals surface area (Å²) in [7, 11) is 0. The normalized spacial score (nSPS) is 14.3. The fraction of sp³-hybridized carbons (Fsp3) is 0.474. The highest BCUT2D eigenvalue weighted by Gasteiger charge is 2.24. The Hall–Kier alpha value is -2.90. The Bertz CT molecular complexity index is 737. The van der Waals surface area contributed by atoms with Crippen LogP contribution in [0.5, 0.6) is 0 Å². The van der Waals surface area contributed by atoms with Crippen LogP contribution in [0.3, 0.4) is 0 Å². The molecule has 1 fully saturated rings. The van der Waals surface area contributed by atoms with Gasteiger partial charge in [0.15, 0.2) is 17.3 Å². The van der Waals surface area contributed by atoms with E-state index in [2.05, 4.69) is 27.3 Å². The summed E-state index contributed by atoms with van der Waals surface area (Å²) in [5, 5.41) is 11.1. The molecule has 1 N–H and O–H groups in total. The molecule has 0 aliphatic carbocycles. The summed E-state index contributed by atoms with van der Waals surface area (Å²) in [4.78, 5) is 28.2. The van der Waals surface area contributed by atoms with E-state index in [0.29, 0.717) is 50.0 Å². The van der Waals surface area contributed by atoms with Crippen molar-refractivity contribution in [1.82, 2.24) is 20.4 Å². The molecule has 3 rings (SSSR count). The van der Waals surface area contributed by atoms with Gasteiger partial charge in [-0.15, -0.1) is 10.2 Å². The molecule has 8 heteroatoms. The summed E-state index contributed by atoms with van der Waals surface area (Å²) in [5.41, 5.74) is 0.321.